The zero-order valence-corrected chi connectivity index (χ0v) is 10.9. The van der Waals surface area contributed by atoms with Crippen LogP contribution in [0.5, 0.6) is 5.75 Å². The van der Waals surface area contributed by atoms with Crippen LogP contribution in [0.1, 0.15) is 17.9 Å². The summed E-state index contributed by atoms with van der Waals surface area (Å²) in [4.78, 5) is 11.4. The van der Waals surface area contributed by atoms with Gasteiger partial charge in [-0.25, -0.2) is 0 Å². The molecule has 0 amide bonds. The van der Waals surface area contributed by atoms with Crippen molar-refractivity contribution in [2.24, 2.45) is 5.92 Å². The Morgan fingerprint density at radius 2 is 2.35 bits per heavy atom. The highest BCUT2D eigenvalue weighted by Crippen LogP contribution is 2.50. The first kappa shape index (κ1) is 12.4. The quantitative estimate of drug-likeness (QED) is 0.683. The van der Waals surface area contributed by atoms with Crippen molar-refractivity contribution in [3.8, 4) is 5.75 Å². The molecule has 92 valence electrons. The third kappa shape index (κ3) is 2.61. The van der Waals surface area contributed by atoms with Gasteiger partial charge in [-0.3, -0.25) is 4.79 Å². The summed E-state index contributed by atoms with van der Waals surface area (Å²) in [5.41, 5.74) is 1.05. The van der Waals surface area contributed by atoms with E-state index in [4.69, 9.17) is 9.84 Å². The highest BCUT2D eigenvalue weighted by molar-refractivity contribution is 9.10. The van der Waals surface area contributed by atoms with E-state index in [2.05, 4.69) is 20.7 Å². The number of carbonyl (C=O) groups is 1. The minimum Gasteiger partial charge on any atom is -0.497 e. The molecule has 0 bridgehead atoms. The lowest BCUT2D eigenvalue weighted by molar-refractivity contribution is -0.153. The molecule has 1 fully saturated rings. The molecule has 0 unspecified atom stereocenters. The Hall–Kier alpha value is -1.07. The third-order valence-electron chi connectivity index (χ3n) is 2.90. The van der Waals surface area contributed by atoms with Crippen LogP contribution in [0.15, 0.2) is 22.7 Å². The van der Waals surface area contributed by atoms with Gasteiger partial charge >= 0.3 is 5.97 Å². The van der Waals surface area contributed by atoms with Crippen LogP contribution in [0.2, 0.25) is 0 Å². The lowest BCUT2D eigenvalue weighted by Crippen LogP contribution is -2.08. The Morgan fingerprint density at radius 3 is 3.00 bits per heavy atom. The van der Waals surface area contributed by atoms with Gasteiger partial charge in [0.05, 0.1) is 13.0 Å². The van der Waals surface area contributed by atoms with Gasteiger partial charge in [0.25, 0.3) is 0 Å². The predicted molar refractivity (Wildman–Crippen MR) is 64.7 cm³/mol. The van der Waals surface area contributed by atoms with Crippen LogP contribution in [-0.2, 0) is 9.53 Å². The summed E-state index contributed by atoms with van der Waals surface area (Å²) >= 11 is 3.46. The van der Waals surface area contributed by atoms with Crippen LogP contribution in [0.25, 0.3) is 0 Å². The van der Waals surface area contributed by atoms with E-state index >= 15 is 0 Å². The molecule has 1 saturated carbocycles. The SMILES string of the molecule is COc1ccc(Br)c([C@@H]2C[C@H]2C(=O)OCO)c1. The summed E-state index contributed by atoms with van der Waals surface area (Å²) < 4.78 is 10.7. The maximum absolute atomic E-state index is 11.4. The summed E-state index contributed by atoms with van der Waals surface area (Å²) in [5, 5.41) is 8.53. The number of hydrogen-bond acceptors (Lipinski definition) is 4. The van der Waals surface area contributed by atoms with Crippen molar-refractivity contribution < 1.29 is 19.4 Å². The number of rotatable bonds is 4. The molecule has 1 N–H and O–H groups in total. The number of carbonyl (C=O) groups excluding carboxylic acids is 1. The van der Waals surface area contributed by atoms with E-state index in [-0.39, 0.29) is 17.8 Å². The summed E-state index contributed by atoms with van der Waals surface area (Å²) in [5.74, 6) is 0.431. The molecule has 17 heavy (non-hydrogen) atoms. The zero-order chi connectivity index (χ0) is 12.4. The fraction of sp³-hybridized carbons (Fsp3) is 0.417. The van der Waals surface area contributed by atoms with Gasteiger partial charge < -0.3 is 14.6 Å². The van der Waals surface area contributed by atoms with E-state index in [1.165, 1.54) is 0 Å². The second kappa shape index (κ2) is 5.06. The topological polar surface area (TPSA) is 55.8 Å². The van der Waals surface area contributed by atoms with Gasteiger partial charge in [-0.2, -0.15) is 0 Å². The maximum atomic E-state index is 11.4. The highest BCUT2D eigenvalue weighted by Gasteiger charge is 2.46. The average molecular weight is 301 g/mol. The van der Waals surface area contributed by atoms with Gasteiger partial charge in [-0.05, 0) is 36.1 Å². The van der Waals surface area contributed by atoms with E-state index < -0.39 is 6.79 Å². The van der Waals surface area contributed by atoms with Crippen LogP contribution < -0.4 is 4.74 Å². The van der Waals surface area contributed by atoms with E-state index in [9.17, 15) is 4.79 Å². The van der Waals surface area contributed by atoms with Gasteiger partial charge in [0.2, 0.25) is 0 Å². The van der Waals surface area contributed by atoms with Crippen molar-refractivity contribution in [1.29, 1.82) is 0 Å². The normalized spacial score (nSPS) is 22.1. The molecule has 1 aromatic rings. The molecule has 2 rings (SSSR count). The van der Waals surface area contributed by atoms with Crippen LogP contribution in [-0.4, -0.2) is 25.0 Å². The third-order valence-corrected chi connectivity index (χ3v) is 3.62. The second-order valence-electron chi connectivity index (χ2n) is 3.93. The van der Waals surface area contributed by atoms with Crippen molar-refractivity contribution in [3.63, 3.8) is 0 Å². The summed E-state index contributed by atoms with van der Waals surface area (Å²) in [7, 11) is 1.61. The Balaban J connectivity index is 2.12. The number of methoxy groups -OCH3 is 1. The molecule has 0 aliphatic heterocycles. The molecular formula is C12H13BrO4. The summed E-state index contributed by atoms with van der Waals surface area (Å²) in [6.45, 7) is -0.554. The Labute approximate surface area is 108 Å². The smallest absolute Gasteiger partial charge is 0.311 e. The number of aliphatic hydroxyl groups is 1. The Bertz CT molecular complexity index is 433. The number of esters is 1. The van der Waals surface area contributed by atoms with Crippen molar-refractivity contribution in [2.75, 3.05) is 13.9 Å². The molecular weight excluding hydrogens is 288 g/mol. The average Bonchev–Trinajstić information content (AvgIpc) is 3.10. The first-order valence-corrected chi connectivity index (χ1v) is 6.07. The van der Waals surface area contributed by atoms with Crippen molar-refractivity contribution in [2.45, 2.75) is 12.3 Å². The molecule has 0 aromatic heterocycles. The van der Waals surface area contributed by atoms with Crippen molar-refractivity contribution >= 4 is 21.9 Å². The van der Waals surface area contributed by atoms with E-state index in [0.717, 1.165) is 22.2 Å². The first-order chi connectivity index (χ1) is 8.17. The maximum Gasteiger partial charge on any atom is 0.311 e. The zero-order valence-electron chi connectivity index (χ0n) is 9.35. The fourth-order valence-electron chi connectivity index (χ4n) is 1.90. The summed E-state index contributed by atoms with van der Waals surface area (Å²) in [6, 6.07) is 5.68. The van der Waals surface area contributed by atoms with Crippen LogP contribution in [0.3, 0.4) is 0 Å². The molecule has 5 heteroatoms. The number of ether oxygens (including phenoxy) is 2. The number of halogens is 1. The fourth-order valence-corrected chi connectivity index (χ4v) is 2.44. The molecule has 0 radical (unpaired) electrons. The van der Waals surface area contributed by atoms with Gasteiger partial charge in [0.1, 0.15) is 5.75 Å². The largest absolute Gasteiger partial charge is 0.497 e. The van der Waals surface area contributed by atoms with Crippen LogP contribution in [0, 0.1) is 5.92 Å². The molecule has 1 aliphatic rings. The molecule has 1 aromatic carbocycles. The molecule has 0 saturated heterocycles. The molecule has 1 aliphatic carbocycles. The summed E-state index contributed by atoms with van der Waals surface area (Å²) in [6.07, 6.45) is 0.755. The minimum atomic E-state index is -0.554. The second-order valence-corrected chi connectivity index (χ2v) is 4.78. The van der Waals surface area contributed by atoms with Crippen molar-refractivity contribution in [1.82, 2.24) is 0 Å². The lowest BCUT2D eigenvalue weighted by atomic mass is 10.1. The Morgan fingerprint density at radius 1 is 1.59 bits per heavy atom. The van der Waals surface area contributed by atoms with Gasteiger partial charge in [0.15, 0.2) is 6.79 Å². The number of aliphatic hydroxyl groups excluding tert-OH is 1. The molecule has 2 atom stereocenters. The number of benzene rings is 1. The molecule has 0 spiro atoms. The van der Waals surface area contributed by atoms with Crippen molar-refractivity contribution in [3.05, 3.63) is 28.2 Å². The monoisotopic (exact) mass is 300 g/mol. The first-order valence-electron chi connectivity index (χ1n) is 5.28. The van der Waals surface area contributed by atoms with Crippen LogP contribution in [0.4, 0.5) is 0 Å². The van der Waals surface area contributed by atoms with E-state index in [0.29, 0.717) is 0 Å². The van der Waals surface area contributed by atoms with Gasteiger partial charge in [-0.15, -0.1) is 0 Å². The molecule has 0 heterocycles. The number of hydrogen-bond donors (Lipinski definition) is 1. The van der Waals surface area contributed by atoms with E-state index in [1.54, 1.807) is 7.11 Å². The predicted octanol–water partition coefficient (Wildman–Crippen LogP) is 2.05. The van der Waals surface area contributed by atoms with Crippen LogP contribution >= 0.6 is 15.9 Å². The van der Waals surface area contributed by atoms with E-state index in [1.807, 2.05) is 18.2 Å². The lowest BCUT2D eigenvalue weighted by Gasteiger charge is -2.06. The van der Waals surface area contributed by atoms with Gasteiger partial charge in [0, 0.05) is 4.47 Å². The minimum absolute atomic E-state index is 0.148. The molecule has 4 nitrogen and oxygen atoms in total. The Kier molecular flexibility index (Phi) is 3.69. The highest BCUT2D eigenvalue weighted by atomic mass is 79.9. The standard InChI is InChI=1S/C12H13BrO4/c1-16-7-2-3-11(13)9(4-7)8-5-10(8)12(15)17-6-14/h2-4,8,10,14H,5-6H2,1H3/t8-,10+/m0/s1. The van der Waals surface area contributed by atoms with Gasteiger partial charge in [-0.1, -0.05) is 15.9 Å².